The molecular weight excluding hydrogens is 275 g/mol. The van der Waals surface area contributed by atoms with Gasteiger partial charge in [0.2, 0.25) is 0 Å². The maximum Gasteiger partial charge on any atom is 0.252 e. The van der Waals surface area contributed by atoms with Crippen LogP contribution in [0.1, 0.15) is 24.0 Å². The summed E-state index contributed by atoms with van der Waals surface area (Å²) in [6.07, 6.45) is 1.24. The fourth-order valence-electron chi connectivity index (χ4n) is 2.53. The van der Waals surface area contributed by atoms with Crippen molar-refractivity contribution >= 4 is 5.91 Å². The maximum atomic E-state index is 13.6. The first-order chi connectivity index (χ1) is 10.1. The number of benzene rings is 1. The lowest BCUT2D eigenvalue weighted by molar-refractivity contribution is -0.146. The van der Waals surface area contributed by atoms with Crippen molar-refractivity contribution in [3.63, 3.8) is 0 Å². The lowest BCUT2D eigenvalue weighted by Crippen LogP contribution is -2.53. The number of halogens is 1. The number of rotatable bonds is 5. The molecule has 0 radical (unpaired) electrons. The van der Waals surface area contributed by atoms with E-state index in [0.717, 1.165) is 13.1 Å². The predicted molar refractivity (Wildman–Crippen MR) is 76.0 cm³/mol. The van der Waals surface area contributed by atoms with Gasteiger partial charge in [-0.2, -0.15) is 0 Å². The molecule has 1 aromatic rings. The number of carbonyl (C=O) groups excluding carboxylic acids is 1. The molecule has 0 unspecified atom stereocenters. The molecule has 0 aromatic heterocycles. The van der Waals surface area contributed by atoms with E-state index in [4.69, 9.17) is 9.84 Å². The molecule has 1 heterocycles. The second-order valence-corrected chi connectivity index (χ2v) is 5.21. The Labute approximate surface area is 123 Å². The quantitative estimate of drug-likeness (QED) is 0.748. The summed E-state index contributed by atoms with van der Waals surface area (Å²) in [4.78, 5) is 12.3. The molecular formula is C15H21FN2O3. The predicted octanol–water partition coefficient (Wildman–Crippen LogP) is 0.703. The summed E-state index contributed by atoms with van der Waals surface area (Å²) in [6.45, 7) is 1.38. The summed E-state index contributed by atoms with van der Waals surface area (Å²) in [5.74, 6) is -0.634. The van der Waals surface area contributed by atoms with Gasteiger partial charge in [0.1, 0.15) is 11.4 Å². The standard InChI is InChI=1S/C15H21FN2O3/c1-21-15(4-6-17-7-5-15)14(20)18-9-11-2-3-12(10-19)13(16)8-11/h2-3,8,17,19H,4-7,9-10H2,1H3,(H,18,20). The van der Waals surface area contributed by atoms with Gasteiger partial charge < -0.3 is 20.5 Å². The first kappa shape index (κ1) is 15.9. The third kappa shape index (κ3) is 3.58. The lowest BCUT2D eigenvalue weighted by Gasteiger charge is -2.34. The van der Waals surface area contributed by atoms with Gasteiger partial charge in [-0.3, -0.25) is 4.79 Å². The Morgan fingerprint density at radius 1 is 1.48 bits per heavy atom. The Morgan fingerprint density at radius 2 is 2.19 bits per heavy atom. The van der Waals surface area contributed by atoms with Crippen molar-refractivity contribution in [1.82, 2.24) is 10.6 Å². The summed E-state index contributed by atoms with van der Waals surface area (Å²) < 4.78 is 19.0. The Balaban J connectivity index is 1.98. The molecule has 0 aliphatic carbocycles. The minimum atomic E-state index is -0.797. The topological polar surface area (TPSA) is 70.6 Å². The van der Waals surface area contributed by atoms with Crippen molar-refractivity contribution in [2.24, 2.45) is 0 Å². The fraction of sp³-hybridized carbons (Fsp3) is 0.533. The maximum absolute atomic E-state index is 13.6. The first-order valence-corrected chi connectivity index (χ1v) is 7.03. The van der Waals surface area contributed by atoms with Crippen LogP contribution >= 0.6 is 0 Å². The van der Waals surface area contributed by atoms with E-state index in [1.165, 1.54) is 12.1 Å². The average Bonchev–Trinajstić information content (AvgIpc) is 2.53. The van der Waals surface area contributed by atoms with E-state index >= 15 is 0 Å². The van der Waals surface area contributed by atoms with Crippen molar-refractivity contribution in [3.05, 3.63) is 35.1 Å². The molecule has 0 bridgehead atoms. The van der Waals surface area contributed by atoms with Crippen LogP contribution in [0.25, 0.3) is 0 Å². The number of hydrogen-bond donors (Lipinski definition) is 3. The zero-order chi connectivity index (χ0) is 15.3. The highest BCUT2D eigenvalue weighted by Gasteiger charge is 2.39. The number of aliphatic hydroxyl groups is 1. The van der Waals surface area contributed by atoms with Gasteiger partial charge in [0.05, 0.1) is 6.61 Å². The average molecular weight is 296 g/mol. The number of carbonyl (C=O) groups is 1. The molecule has 1 aliphatic rings. The van der Waals surface area contributed by atoms with E-state index in [1.54, 1.807) is 13.2 Å². The second-order valence-electron chi connectivity index (χ2n) is 5.21. The smallest absolute Gasteiger partial charge is 0.252 e. The van der Waals surface area contributed by atoms with E-state index in [9.17, 15) is 9.18 Å². The van der Waals surface area contributed by atoms with Crippen molar-refractivity contribution in [2.45, 2.75) is 31.6 Å². The Kier molecular flexibility index (Phi) is 5.27. The minimum Gasteiger partial charge on any atom is -0.392 e. The monoisotopic (exact) mass is 296 g/mol. The molecule has 21 heavy (non-hydrogen) atoms. The molecule has 2 rings (SSSR count). The number of aliphatic hydroxyl groups excluding tert-OH is 1. The molecule has 3 N–H and O–H groups in total. The van der Waals surface area contributed by atoms with Crippen LogP contribution in [0, 0.1) is 5.82 Å². The van der Waals surface area contributed by atoms with Crippen LogP contribution < -0.4 is 10.6 Å². The molecule has 0 saturated carbocycles. The summed E-state index contributed by atoms with van der Waals surface area (Å²) >= 11 is 0. The van der Waals surface area contributed by atoms with E-state index < -0.39 is 11.4 Å². The number of nitrogens with one attached hydrogen (secondary N) is 2. The molecule has 6 heteroatoms. The second kappa shape index (κ2) is 6.98. The fourth-order valence-corrected chi connectivity index (χ4v) is 2.53. The SMILES string of the molecule is COC1(C(=O)NCc2ccc(CO)c(F)c2)CCNCC1. The van der Waals surface area contributed by atoms with Crippen LogP contribution in [0.15, 0.2) is 18.2 Å². The Morgan fingerprint density at radius 3 is 2.76 bits per heavy atom. The lowest BCUT2D eigenvalue weighted by atomic mass is 9.91. The van der Waals surface area contributed by atoms with Crippen molar-refractivity contribution < 1.29 is 19.0 Å². The van der Waals surface area contributed by atoms with Gasteiger partial charge >= 0.3 is 0 Å². The van der Waals surface area contributed by atoms with Crippen LogP contribution in [-0.4, -0.2) is 36.8 Å². The van der Waals surface area contributed by atoms with Gasteiger partial charge in [0.25, 0.3) is 5.91 Å². The number of amides is 1. The van der Waals surface area contributed by atoms with Gasteiger partial charge in [-0.15, -0.1) is 0 Å². The molecule has 5 nitrogen and oxygen atoms in total. The molecule has 0 spiro atoms. The molecule has 1 aromatic carbocycles. The highest BCUT2D eigenvalue weighted by atomic mass is 19.1. The Bertz CT molecular complexity index is 502. The molecule has 1 saturated heterocycles. The third-order valence-corrected chi connectivity index (χ3v) is 3.96. The number of piperidine rings is 1. The van der Waals surface area contributed by atoms with E-state index in [-0.39, 0.29) is 24.6 Å². The molecule has 116 valence electrons. The van der Waals surface area contributed by atoms with Crippen molar-refractivity contribution in [2.75, 3.05) is 20.2 Å². The summed E-state index contributed by atoms with van der Waals surface area (Å²) in [5, 5.41) is 14.9. The Hall–Kier alpha value is -1.50. The normalized spacial score (nSPS) is 17.5. The highest BCUT2D eigenvalue weighted by Crippen LogP contribution is 2.22. The minimum absolute atomic E-state index is 0.168. The zero-order valence-electron chi connectivity index (χ0n) is 12.1. The zero-order valence-corrected chi connectivity index (χ0v) is 12.1. The molecule has 0 atom stereocenters. The van der Waals surface area contributed by atoms with Gasteiger partial charge in [-0.1, -0.05) is 12.1 Å². The third-order valence-electron chi connectivity index (χ3n) is 3.96. The number of methoxy groups -OCH3 is 1. The molecule has 1 amide bonds. The van der Waals surface area contributed by atoms with Crippen LogP contribution in [0.3, 0.4) is 0 Å². The van der Waals surface area contributed by atoms with Gasteiger partial charge in [-0.05, 0) is 37.6 Å². The van der Waals surface area contributed by atoms with Crippen LogP contribution in [0.2, 0.25) is 0 Å². The van der Waals surface area contributed by atoms with Gasteiger partial charge in [-0.25, -0.2) is 4.39 Å². The summed E-state index contributed by atoms with van der Waals surface area (Å²) in [6, 6.07) is 4.54. The number of hydrogen-bond acceptors (Lipinski definition) is 4. The molecule has 1 aliphatic heterocycles. The van der Waals surface area contributed by atoms with Crippen molar-refractivity contribution in [1.29, 1.82) is 0 Å². The first-order valence-electron chi connectivity index (χ1n) is 7.03. The largest absolute Gasteiger partial charge is 0.392 e. The van der Waals surface area contributed by atoms with Crippen molar-refractivity contribution in [3.8, 4) is 0 Å². The van der Waals surface area contributed by atoms with E-state index in [0.29, 0.717) is 18.4 Å². The van der Waals surface area contributed by atoms with Crippen LogP contribution in [0.5, 0.6) is 0 Å². The highest BCUT2D eigenvalue weighted by molar-refractivity contribution is 5.85. The number of ether oxygens (including phenoxy) is 1. The van der Waals surface area contributed by atoms with E-state index in [1.807, 2.05) is 0 Å². The van der Waals surface area contributed by atoms with Crippen LogP contribution in [-0.2, 0) is 22.7 Å². The summed E-state index contributed by atoms with van der Waals surface area (Å²) in [7, 11) is 1.54. The van der Waals surface area contributed by atoms with E-state index in [2.05, 4.69) is 10.6 Å². The summed E-state index contributed by atoms with van der Waals surface area (Å²) in [5.41, 5.74) is 0.101. The van der Waals surface area contributed by atoms with Gasteiger partial charge in [0, 0.05) is 19.2 Å². The van der Waals surface area contributed by atoms with Crippen LogP contribution in [0.4, 0.5) is 4.39 Å². The van der Waals surface area contributed by atoms with Gasteiger partial charge in [0.15, 0.2) is 0 Å². The molecule has 1 fully saturated rings.